The van der Waals surface area contributed by atoms with Gasteiger partial charge in [0.15, 0.2) is 0 Å². The summed E-state index contributed by atoms with van der Waals surface area (Å²) in [6.07, 6.45) is 3.94. The van der Waals surface area contributed by atoms with E-state index in [1.807, 2.05) is 11.8 Å². The molecule has 1 aromatic carbocycles. The molecule has 3 rings (SSSR count). The van der Waals surface area contributed by atoms with Gasteiger partial charge in [-0.15, -0.1) is 0 Å². The molecule has 0 radical (unpaired) electrons. The average molecular weight is 291 g/mol. The summed E-state index contributed by atoms with van der Waals surface area (Å²) in [6, 6.07) is 6.49. The molecule has 1 saturated carbocycles. The van der Waals surface area contributed by atoms with E-state index in [1.54, 1.807) is 12.1 Å². The van der Waals surface area contributed by atoms with E-state index in [9.17, 15) is 9.18 Å². The smallest absolute Gasteiger partial charge is 0.233 e. The molecule has 1 amide bonds. The van der Waals surface area contributed by atoms with Gasteiger partial charge in [0, 0.05) is 13.1 Å². The van der Waals surface area contributed by atoms with E-state index in [0.29, 0.717) is 19.7 Å². The molecule has 0 bridgehead atoms. The second kappa shape index (κ2) is 5.76. The molecule has 1 atom stereocenters. The maximum absolute atomic E-state index is 13.2. The molecule has 1 aliphatic carbocycles. The minimum absolute atomic E-state index is 0.0920. The van der Waals surface area contributed by atoms with Crippen LogP contribution in [0.1, 0.15) is 38.2 Å². The SMILES string of the molecule is CC1CN(C(=O)C2(c3ccc(F)cc3)CCCC2)CCO1. The maximum Gasteiger partial charge on any atom is 0.233 e. The monoisotopic (exact) mass is 291 g/mol. The number of hydrogen-bond acceptors (Lipinski definition) is 2. The van der Waals surface area contributed by atoms with Crippen molar-refractivity contribution in [3.8, 4) is 0 Å². The third-order valence-corrected chi connectivity index (χ3v) is 4.79. The van der Waals surface area contributed by atoms with Crippen LogP contribution in [0.2, 0.25) is 0 Å². The predicted octanol–water partition coefficient (Wildman–Crippen LogP) is 2.88. The fourth-order valence-corrected chi connectivity index (χ4v) is 3.68. The van der Waals surface area contributed by atoms with Crippen molar-refractivity contribution in [3.63, 3.8) is 0 Å². The Morgan fingerprint density at radius 1 is 1.29 bits per heavy atom. The second-order valence-electron chi connectivity index (χ2n) is 6.23. The van der Waals surface area contributed by atoms with E-state index in [1.165, 1.54) is 12.1 Å². The summed E-state index contributed by atoms with van der Waals surface area (Å²) in [5.74, 6) is -0.0545. The van der Waals surface area contributed by atoms with Crippen LogP contribution < -0.4 is 0 Å². The van der Waals surface area contributed by atoms with Crippen LogP contribution in [-0.4, -0.2) is 36.6 Å². The molecule has 0 spiro atoms. The van der Waals surface area contributed by atoms with E-state index >= 15 is 0 Å². The number of carbonyl (C=O) groups excluding carboxylic acids is 1. The predicted molar refractivity (Wildman–Crippen MR) is 78.5 cm³/mol. The van der Waals surface area contributed by atoms with Crippen LogP contribution in [0.25, 0.3) is 0 Å². The topological polar surface area (TPSA) is 29.5 Å². The minimum Gasteiger partial charge on any atom is -0.375 e. The molecule has 2 fully saturated rings. The van der Waals surface area contributed by atoms with Crippen LogP contribution in [0.3, 0.4) is 0 Å². The fourth-order valence-electron chi connectivity index (χ4n) is 3.68. The number of halogens is 1. The number of amides is 1. The highest BCUT2D eigenvalue weighted by Gasteiger charge is 2.45. The lowest BCUT2D eigenvalue weighted by Gasteiger charge is -2.38. The van der Waals surface area contributed by atoms with Crippen LogP contribution in [0.4, 0.5) is 4.39 Å². The molecule has 1 saturated heterocycles. The number of ether oxygens (including phenoxy) is 1. The lowest BCUT2D eigenvalue weighted by molar-refractivity contribution is -0.144. The van der Waals surface area contributed by atoms with Crippen molar-refractivity contribution < 1.29 is 13.9 Å². The Morgan fingerprint density at radius 2 is 1.95 bits per heavy atom. The molecule has 114 valence electrons. The standard InChI is InChI=1S/C17H22FNO2/c1-13-12-19(10-11-21-13)16(20)17(8-2-3-9-17)14-4-6-15(18)7-5-14/h4-7,13H,2-3,8-12H2,1H3. The van der Waals surface area contributed by atoms with Crippen molar-refractivity contribution >= 4 is 5.91 Å². The summed E-state index contributed by atoms with van der Waals surface area (Å²) < 4.78 is 18.7. The molecule has 21 heavy (non-hydrogen) atoms. The van der Waals surface area contributed by atoms with Gasteiger partial charge >= 0.3 is 0 Å². The van der Waals surface area contributed by atoms with Gasteiger partial charge in [0.1, 0.15) is 5.82 Å². The molecule has 4 heteroatoms. The summed E-state index contributed by atoms with van der Waals surface area (Å²) in [5, 5.41) is 0. The Kier molecular flexibility index (Phi) is 3.98. The van der Waals surface area contributed by atoms with Crippen LogP contribution in [0.15, 0.2) is 24.3 Å². The van der Waals surface area contributed by atoms with Crippen molar-refractivity contribution in [2.45, 2.75) is 44.1 Å². The normalized spacial score (nSPS) is 25.0. The molecule has 1 unspecified atom stereocenters. The number of hydrogen-bond donors (Lipinski definition) is 0. The molecule has 1 heterocycles. The van der Waals surface area contributed by atoms with Gasteiger partial charge in [-0.05, 0) is 37.5 Å². The Hall–Kier alpha value is -1.42. The lowest BCUT2D eigenvalue weighted by Crippen LogP contribution is -2.51. The van der Waals surface area contributed by atoms with Gasteiger partial charge in [-0.25, -0.2) is 4.39 Å². The van der Waals surface area contributed by atoms with E-state index in [4.69, 9.17) is 4.74 Å². The van der Waals surface area contributed by atoms with Gasteiger partial charge in [-0.2, -0.15) is 0 Å². The van der Waals surface area contributed by atoms with Gasteiger partial charge in [0.05, 0.1) is 18.1 Å². The van der Waals surface area contributed by atoms with Gasteiger partial charge in [0.2, 0.25) is 5.91 Å². The van der Waals surface area contributed by atoms with Crippen LogP contribution >= 0.6 is 0 Å². The number of carbonyl (C=O) groups is 1. The molecule has 1 aliphatic heterocycles. The van der Waals surface area contributed by atoms with Crippen molar-refractivity contribution in [3.05, 3.63) is 35.6 Å². The highest BCUT2D eigenvalue weighted by Crippen LogP contribution is 2.42. The maximum atomic E-state index is 13.2. The van der Waals surface area contributed by atoms with Crippen molar-refractivity contribution in [1.82, 2.24) is 4.90 Å². The fraction of sp³-hybridized carbons (Fsp3) is 0.588. The zero-order valence-corrected chi connectivity index (χ0v) is 12.5. The van der Waals surface area contributed by atoms with E-state index in [2.05, 4.69) is 0 Å². The number of morpholine rings is 1. The third kappa shape index (κ3) is 2.69. The van der Waals surface area contributed by atoms with Crippen LogP contribution in [0, 0.1) is 5.82 Å². The lowest BCUT2D eigenvalue weighted by atomic mass is 9.77. The summed E-state index contributed by atoms with van der Waals surface area (Å²) >= 11 is 0. The molecule has 0 N–H and O–H groups in total. The third-order valence-electron chi connectivity index (χ3n) is 4.79. The van der Waals surface area contributed by atoms with Crippen LogP contribution in [0.5, 0.6) is 0 Å². The number of benzene rings is 1. The Morgan fingerprint density at radius 3 is 2.57 bits per heavy atom. The second-order valence-corrected chi connectivity index (χ2v) is 6.23. The molecule has 0 aromatic heterocycles. The first-order valence-corrected chi connectivity index (χ1v) is 7.79. The van der Waals surface area contributed by atoms with Crippen LogP contribution in [-0.2, 0) is 14.9 Å². The van der Waals surface area contributed by atoms with E-state index in [-0.39, 0.29) is 17.8 Å². The summed E-state index contributed by atoms with van der Waals surface area (Å²) in [6.45, 7) is 3.92. The Labute approximate surface area is 125 Å². The molecular weight excluding hydrogens is 269 g/mol. The quantitative estimate of drug-likeness (QED) is 0.838. The van der Waals surface area contributed by atoms with Gasteiger partial charge in [-0.3, -0.25) is 4.79 Å². The number of nitrogens with zero attached hydrogens (tertiary/aromatic N) is 1. The van der Waals surface area contributed by atoms with E-state index < -0.39 is 5.41 Å². The Balaban J connectivity index is 1.89. The molecular formula is C17H22FNO2. The summed E-state index contributed by atoms with van der Waals surface area (Å²) in [5.41, 5.74) is 0.510. The first-order chi connectivity index (χ1) is 10.1. The van der Waals surface area contributed by atoms with Gasteiger partial charge < -0.3 is 9.64 Å². The molecule has 3 nitrogen and oxygen atoms in total. The van der Waals surface area contributed by atoms with Crippen molar-refractivity contribution in [2.75, 3.05) is 19.7 Å². The van der Waals surface area contributed by atoms with Gasteiger partial charge in [0.25, 0.3) is 0 Å². The largest absolute Gasteiger partial charge is 0.375 e. The molecule has 2 aliphatic rings. The van der Waals surface area contributed by atoms with Crippen molar-refractivity contribution in [1.29, 1.82) is 0 Å². The minimum atomic E-state index is -0.454. The van der Waals surface area contributed by atoms with E-state index in [0.717, 1.165) is 31.2 Å². The summed E-state index contributed by atoms with van der Waals surface area (Å²) in [4.78, 5) is 15.1. The molecule has 1 aromatic rings. The van der Waals surface area contributed by atoms with Gasteiger partial charge in [-0.1, -0.05) is 25.0 Å². The number of rotatable bonds is 2. The average Bonchev–Trinajstić information content (AvgIpc) is 2.98. The first kappa shape index (κ1) is 14.5. The Bertz CT molecular complexity index is 508. The zero-order chi connectivity index (χ0) is 14.9. The highest BCUT2D eigenvalue weighted by molar-refractivity contribution is 5.88. The highest BCUT2D eigenvalue weighted by atomic mass is 19.1. The zero-order valence-electron chi connectivity index (χ0n) is 12.5. The summed E-state index contributed by atoms with van der Waals surface area (Å²) in [7, 11) is 0. The van der Waals surface area contributed by atoms with Crippen molar-refractivity contribution in [2.24, 2.45) is 0 Å². The first-order valence-electron chi connectivity index (χ1n) is 7.79.